The second kappa shape index (κ2) is 7.51. The summed E-state index contributed by atoms with van der Waals surface area (Å²) in [5.41, 5.74) is 1.54. The van der Waals surface area contributed by atoms with Crippen LogP contribution in [0.4, 0.5) is 0 Å². The van der Waals surface area contributed by atoms with E-state index >= 15 is 0 Å². The molecule has 0 saturated heterocycles. The second-order valence-corrected chi connectivity index (χ2v) is 11.1. The third kappa shape index (κ3) is 4.12. The van der Waals surface area contributed by atoms with Gasteiger partial charge in [0.25, 0.3) is 0 Å². The minimum Gasteiger partial charge on any atom is -0.457 e. The average molecular weight is 420 g/mol. The molecule has 0 radical (unpaired) electrons. The van der Waals surface area contributed by atoms with E-state index in [2.05, 4.69) is 4.72 Å². The number of carbonyl (C=O) groups is 2. The third-order valence-corrected chi connectivity index (χ3v) is 8.59. The second-order valence-electron chi connectivity index (χ2n) is 9.35. The minimum atomic E-state index is -3.81. The van der Waals surface area contributed by atoms with Crippen LogP contribution in [0.2, 0.25) is 0 Å². The summed E-state index contributed by atoms with van der Waals surface area (Å²) in [7, 11) is -3.81. The van der Waals surface area contributed by atoms with Crippen LogP contribution in [0.3, 0.4) is 0 Å². The predicted octanol–water partition coefficient (Wildman–Crippen LogP) is 2.91. The number of nitrogens with one attached hydrogen (secondary N) is 1. The number of benzene rings is 1. The van der Waals surface area contributed by atoms with Gasteiger partial charge in [0, 0.05) is 5.41 Å². The van der Waals surface area contributed by atoms with Gasteiger partial charge < -0.3 is 4.74 Å². The van der Waals surface area contributed by atoms with Crippen molar-refractivity contribution in [1.29, 1.82) is 0 Å². The van der Waals surface area contributed by atoms with Crippen LogP contribution < -0.4 is 4.72 Å². The Morgan fingerprint density at radius 2 is 1.62 bits per heavy atom. The summed E-state index contributed by atoms with van der Waals surface area (Å²) in [5, 5.41) is 0. The maximum atomic E-state index is 12.9. The Kier molecular flexibility index (Phi) is 5.32. The first-order valence-corrected chi connectivity index (χ1v) is 11.9. The highest BCUT2D eigenvalue weighted by molar-refractivity contribution is 7.89. The highest BCUT2D eigenvalue weighted by atomic mass is 32.2. The van der Waals surface area contributed by atoms with Gasteiger partial charge in [-0.1, -0.05) is 6.07 Å². The fourth-order valence-electron chi connectivity index (χ4n) is 5.92. The number of ether oxygens (including phenoxy) is 1. The number of hydrogen-bond donors (Lipinski definition) is 1. The quantitative estimate of drug-likeness (QED) is 0.687. The summed E-state index contributed by atoms with van der Waals surface area (Å²) in [5.74, 6) is 1.22. The largest absolute Gasteiger partial charge is 0.457 e. The Bertz CT molecular complexity index is 901. The van der Waals surface area contributed by atoms with Crippen LogP contribution in [0.15, 0.2) is 23.1 Å². The van der Waals surface area contributed by atoms with Crippen molar-refractivity contribution in [2.24, 2.45) is 23.2 Å². The molecule has 0 aromatic heterocycles. The summed E-state index contributed by atoms with van der Waals surface area (Å²) in [4.78, 5) is 25.1. The highest BCUT2D eigenvalue weighted by Crippen LogP contribution is 2.60. The van der Waals surface area contributed by atoms with Crippen LogP contribution >= 0.6 is 0 Å². The van der Waals surface area contributed by atoms with Crippen molar-refractivity contribution in [3.63, 3.8) is 0 Å². The van der Waals surface area contributed by atoms with Gasteiger partial charge in [0.2, 0.25) is 10.0 Å². The Balaban J connectivity index is 1.30. The van der Waals surface area contributed by atoms with Gasteiger partial charge in [0.1, 0.15) is 6.54 Å². The van der Waals surface area contributed by atoms with Gasteiger partial charge >= 0.3 is 5.97 Å². The molecule has 4 bridgehead atoms. The van der Waals surface area contributed by atoms with Crippen LogP contribution in [0, 0.1) is 37.0 Å². The molecule has 0 amide bonds. The maximum absolute atomic E-state index is 12.9. The summed E-state index contributed by atoms with van der Waals surface area (Å²) >= 11 is 0. The molecule has 0 unspecified atom stereocenters. The number of rotatable bonds is 7. The number of carbonyl (C=O) groups excluding carboxylic acids is 2. The number of Topliss-reactive ketones (excluding diaryl/α,β-unsaturated/α-hetero) is 1. The smallest absolute Gasteiger partial charge is 0.321 e. The first-order valence-electron chi connectivity index (χ1n) is 10.4. The Hall–Kier alpha value is -1.73. The summed E-state index contributed by atoms with van der Waals surface area (Å²) in [6, 6.07) is 4.80. The molecule has 29 heavy (non-hydrogen) atoms. The predicted molar refractivity (Wildman–Crippen MR) is 108 cm³/mol. The molecule has 6 nitrogen and oxygen atoms in total. The van der Waals surface area contributed by atoms with E-state index in [4.69, 9.17) is 4.74 Å². The molecule has 7 heteroatoms. The van der Waals surface area contributed by atoms with Crippen LogP contribution in [-0.2, 0) is 24.3 Å². The van der Waals surface area contributed by atoms with E-state index in [1.807, 2.05) is 13.8 Å². The van der Waals surface area contributed by atoms with E-state index < -0.39 is 22.5 Å². The molecule has 4 saturated carbocycles. The van der Waals surface area contributed by atoms with Crippen LogP contribution in [0.25, 0.3) is 0 Å². The fourth-order valence-corrected chi connectivity index (χ4v) is 6.97. The number of sulfonamides is 1. The van der Waals surface area contributed by atoms with Crippen molar-refractivity contribution >= 4 is 21.8 Å². The van der Waals surface area contributed by atoms with Crippen molar-refractivity contribution < 1.29 is 22.7 Å². The van der Waals surface area contributed by atoms with Gasteiger partial charge in [-0.2, -0.15) is 4.72 Å². The number of ketones is 1. The zero-order chi connectivity index (χ0) is 20.8. The molecule has 1 aromatic carbocycles. The molecule has 0 aliphatic heterocycles. The molecular weight excluding hydrogens is 390 g/mol. The van der Waals surface area contributed by atoms with Crippen LogP contribution in [0.5, 0.6) is 0 Å². The van der Waals surface area contributed by atoms with Gasteiger partial charge in [-0.15, -0.1) is 0 Å². The summed E-state index contributed by atoms with van der Waals surface area (Å²) in [6.07, 6.45) is 6.50. The van der Waals surface area contributed by atoms with E-state index in [-0.39, 0.29) is 22.7 Å². The number of esters is 1. The number of aryl methyl sites for hydroxylation is 2. The summed E-state index contributed by atoms with van der Waals surface area (Å²) < 4.78 is 32.2. The lowest BCUT2D eigenvalue weighted by atomic mass is 9.48. The lowest BCUT2D eigenvalue weighted by Gasteiger charge is -2.55. The van der Waals surface area contributed by atoms with Crippen molar-refractivity contribution in [1.82, 2.24) is 4.72 Å². The monoisotopic (exact) mass is 419 g/mol. The average Bonchev–Trinajstić information content (AvgIpc) is 2.65. The standard InChI is InChI=1S/C22H29NO5S/c1-14-3-4-19(5-15(14)2)29(26,27)23-12-21(25)28-13-20(24)22-9-16-6-17(10-22)8-18(7-16)11-22/h3-5,16-18,23H,6-13H2,1-2H3. The SMILES string of the molecule is Cc1ccc(S(=O)(=O)NCC(=O)OCC(=O)C23CC4CC(CC(C4)C2)C3)cc1C. The molecule has 1 N–H and O–H groups in total. The molecule has 0 atom stereocenters. The number of hydrogen-bond acceptors (Lipinski definition) is 5. The van der Waals surface area contributed by atoms with E-state index in [9.17, 15) is 18.0 Å². The van der Waals surface area contributed by atoms with Crippen molar-refractivity contribution in [3.8, 4) is 0 Å². The normalized spacial score (nSPS) is 30.3. The van der Waals surface area contributed by atoms with Crippen molar-refractivity contribution in [2.45, 2.75) is 57.3 Å². The Morgan fingerprint density at radius 1 is 1.03 bits per heavy atom. The molecule has 1 aromatic rings. The van der Waals surface area contributed by atoms with E-state index in [0.717, 1.165) is 30.4 Å². The highest BCUT2D eigenvalue weighted by Gasteiger charge is 2.54. The molecule has 0 spiro atoms. The van der Waals surface area contributed by atoms with E-state index in [1.54, 1.807) is 12.1 Å². The van der Waals surface area contributed by atoms with E-state index in [1.165, 1.54) is 25.3 Å². The summed E-state index contributed by atoms with van der Waals surface area (Å²) in [6.45, 7) is 3.00. The maximum Gasteiger partial charge on any atom is 0.321 e. The van der Waals surface area contributed by atoms with Crippen molar-refractivity contribution in [3.05, 3.63) is 29.3 Å². The van der Waals surface area contributed by atoms with Gasteiger partial charge in [-0.3, -0.25) is 9.59 Å². The van der Waals surface area contributed by atoms with Gasteiger partial charge in [-0.05, 0) is 93.4 Å². The molecular formula is C22H29NO5S. The van der Waals surface area contributed by atoms with Crippen LogP contribution in [0.1, 0.15) is 49.7 Å². The zero-order valence-electron chi connectivity index (χ0n) is 17.1. The Labute approximate surface area is 172 Å². The molecule has 158 valence electrons. The van der Waals surface area contributed by atoms with Gasteiger partial charge in [-0.25, -0.2) is 8.42 Å². The first kappa shape index (κ1) is 20.5. The molecule has 4 fully saturated rings. The van der Waals surface area contributed by atoms with Gasteiger partial charge in [0.05, 0.1) is 4.90 Å². The minimum absolute atomic E-state index is 0.0157. The van der Waals surface area contributed by atoms with Gasteiger partial charge in [0.15, 0.2) is 12.4 Å². The fraction of sp³-hybridized carbons (Fsp3) is 0.636. The lowest BCUT2D eigenvalue weighted by Crippen LogP contribution is -2.51. The zero-order valence-corrected chi connectivity index (χ0v) is 17.9. The third-order valence-electron chi connectivity index (χ3n) is 7.19. The topological polar surface area (TPSA) is 89.5 Å². The first-order chi connectivity index (χ1) is 13.7. The molecule has 0 heterocycles. The molecule has 4 aliphatic carbocycles. The van der Waals surface area contributed by atoms with Crippen LogP contribution in [-0.4, -0.2) is 33.3 Å². The molecule has 5 rings (SSSR count). The van der Waals surface area contributed by atoms with E-state index in [0.29, 0.717) is 17.8 Å². The van der Waals surface area contributed by atoms with Crippen molar-refractivity contribution in [2.75, 3.05) is 13.2 Å². The molecule has 4 aliphatic rings. The lowest BCUT2D eigenvalue weighted by molar-refractivity contribution is -0.157. The Morgan fingerprint density at radius 3 is 2.17 bits per heavy atom.